The van der Waals surface area contributed by atoms with E-state index >= 15 is 0 Å². The highest BCUT2D eigenvalue weighted by molar-refractivity contribution is 8.17. The molecule has 188 valence electrons. The molecule has 0 unspecified atom stereocenters. The van der Waals surface area contributed by atoms with Crippen molar-refractivity contribution in [3.63, 3.8) is 0 Å². The number of nitro groups is 1. The Morgan fingerprint density at radius 1 is 0.973 bits per heavy atom. The van der Waals surface area contributed by atoms with Crippen molar-refractivity contribution in [2.24, 2.45) is 10.2 Å². The zero-order valence-electron chi connectivity index (χ0n) is 20.9. The Hall–Kier alpha value is -3.98. The van der Waals surface area contributed by atoms with Crippen LogP contribution in [0.5, 0.6) is 0 Å². The summed E-state index contributed by atoms with van der Waals surface area (Å²) in [6, 6.07) is 24.6. The van der Waals surface area contributed by atoms with Crippen molar-refractivity contribution in [1.29, 1.82) is 0 Å². The van der Waals surface area contributed by atoms with Crippen molar-refractivity contribution < 1.29 is 9.72 Å². The van der Waals surface area contributed by atoms with Gasteiger partial charge >= 0.3 is 0 Å². The molecule has 5 rings (SSSR count). The Bertz CT molecular complexity index is 1400. The van der Waals surface area contributed by atoms with E-state index in [1.165, 1.54) is 36.4 Å². The van der Waals surface area contributed by atoms with Crippen LogP contribution < -0.4 is 10.0 Å². The molecular formula is C28H27N5O3S. The van der Waals surface area contributed by atoms with Gasteiger partial charge in [0.25, 0.3) is 5.69 Å². The first-order chi connectivity index (χ1) is 17.8. The summed E-state index contributed by atoms with van der Waals surface area (Å²) in [5.41, 5.74) is 4.55. The molecule has 1 atom stereocenters. The van der Waals surface area contributed by atoms with Crippen molar-refractivity contribution in [3.05, 3.63) is 100 Å². The van der Waals surface area contributed by atoms with E-state index in [-0.39, 0.29) is 11.5 Å². The van der Waals surface area contributed by atoms with Crippen LogP contribution in [0, 0.1) is 10.1 Å². The fraction of sp³-hybridized carbons (Fsp3) is 0.250. The third-order valence-electron chi connectivity index (χ3n) is 6.52. The molecule has 0 aliphatic carbocycles. The van der Waals surface area contributed by atoms with Gasteiger partial charge in [0.2, 0.25) is 4.99 Å². The highest BCUT2D eigenvalue weighted by Crippen LogP contribution is 2.50. The molecule has 0 radical (unpaired) electrons. The van der Waals surface area contributed by atoms with Crippen molar-refractivity contribution in [3.8, 4) is 0 Å². The molecule has 0 bridgehead atoms. The number of non-ortho nitro benzene ring substituents is 1. The largest absolute Gasteiger partial charge is 0.292 e. The number of anilines is 2. The highest BCUT2D eigenvalue weighted by Gasteiger charge is 2.53. The van der Waals surface area contributed by atoms with E-state index in [1.807, 2.05) is 35.3 Å². The Labute approximate surface area is 219 Å². The predicted molar refractivity (Wildman–Crippen MR) is 149 cm³/mol. The molecule has 9 heteroatoms. The number of para-hydroxylation sites is 1. The summed E-state index contributed by atoms with van der Waals surface area (Å²) in [4.78, 5) is 22.7. The minimum absolute atomic E-state index is 0.0411. The van der Waals surface area contributed by atoms with E-state index in [1.54, 1.807) is 17.1 Å². The standard InChI is InChI=1S/C28H27N5O3S/c1-19(2)21-12-14-22(15-13-21)26-16-17-28(31(29-26)23-8-5-4-6-9-23)32(30-27(37-28)20(3)34)24-10-7-11-25(18-24)33(35)36/h4-15,18-19H,16-17H2,1-3H3/t28-/m1/s1. The van der Waals surface area contributed by atoms with E-state index in [0.29, 0.717) is 29.5 Å². The predicted octanol–water partition coefficient (Wildman–Crippen LogP) is 6.53. The number of benzene rings is 3. The molecule has 37 heavy (non-hydrogen) atoms. The van der Waals surface area contributed by atoms with Crippen LogP contribution in [-0.2, 0) is 4.79 Å². The van der Waals surface area contributed by atoms with Crippen LogP contribution in [0.25, 0.3) is 0 Å². The minimum atomic E-state index is -0.904. The van der Waals surface area contributed by atoms with Gasteiger partial charge in [-0.3, -0.25) is 14.9 Å². The Morgan fingerprint density at radius 3 is 2.30 bits per heavy atom. The second kappa shape index (κ2) is 9.82. The number of thioether (sulfide) groups is 1. The second-order valence-corrected chi connectivity index (χ2v) is 10.6. The van der Waals surface area contributed by atoms with Crippen molar-refractivity contribution >= 4 is 45.4 Å². The SMILES string of the molecule is CC(=O)C1=NN(c2cccc([N+](=O)[O-])c2)[C@]2(CCC(c3ccc(C(C)C)cc3)=NN2c2ccccc2)S1. The van der Waals surface area contributed by atoms with Crippen LogP contribution in [0.1, 0.15) is 50.7 Å². The monoisotopic (exact) mass is 513 g/mol. The average molecular weight is 514 g/mol. The Kier molecular flexibility index (Phi) is 6.55. The van der Waals surface area contributed by atoms with Crippen LogP contribution in [0.3, 0.4) is 0 Å². The third-order valence-corrected chi connectivity index (χ3v) is 7.96. The van der Waals surface area contributed by atoms with Crippen molar-refractivity contribution in [1.82, 2.24) is 0 Å². The molecule has 0 aromatic heterocycles. The molecule has 0 amide bonds. The zero-order chi connectivity index (χ0) is 26.2. The molecule has 2 aliphatic heterocycles. The van der Waals surface area contributed by atoms with Gasteiger partial charge < -0.3 is 0 Å². The summed E-state index contributed by atoms with van der Waals surface area (Å²) in [5.74, 6) is 0.274. The summed E-state index contributed by atoms with van der Waals surface area (Å²) in [5, 5.41) is 25.3. The van der Waals surface area contributed by atoms with Gasteiger partial charge in [0, 0.05) is 25.5 Å². The lowest BCUT2D eigenvalue weighted by atomic mass is 9.97. The van der Waals surface area contributed by atoms with Crippen LogP contribution in [0.15, 0.2) is 89.1 Å². The normalized spacial score (nSPS) is 19.2. The topological polar surface area (TPSA) is 91.4 Å². The number of carbonyl (C=O) groups is 1. The number of hydrogen-bond acceptors (Lipinski definition) is 8. The number of Topliss-reactive ketones (excluding diaryl/α,β-unsaturated/α-hetero) is 1. The van der Waals surface area contributed by atoms with Gasteiger partial charge in [-0.2, -0.15) is 10.2 Å². The van der Waals surface area contributed by atoms with E-state index in [0.717, 1.165) is 17.0 Å². The molecule has 3 aromatic carbocycles. The molecule has 3 aromatic rings. The van der Waals surface area contributed by atoms with Gasteiger partial charge in [-0.25, -0.2) is 10.0 Å². The van der Waals surface area contributed by atoms with Crippen LogP contribution in [-0.4, -0.2) is 26.5 Å². The fourth-order valence-electron chi connectivity index (χ4n) is 4.54. The molecule has 8 nitrogen and oxygen atoms in total. The van der Waals surface area contributed by atoms with Gasteiger partial charge in [-0.05, 0) is 53.4 Å². The summed E-state index contributed by atoms with van der Waals surface area (Å²) < 4.78 is 0. The number of ketones is 1. The number of nitro benzene ring substituents is 1. The maximum atomic E-state index is 12.5. The molecule has 2 aliphatic rings. The molecule has 1 spiro atoms. The highest BCUT2D eigenvalue weighted by atomic mass is 32.2. The van der Waals surface area contributed by atoms with E-state index in [4.69, 9.17) is 5.10 Å². The quantitative estimate of drug-likeness (QED) is 0.275. The summed E-state index contributed by atoms with van der Waals surface area (Å²) in [6.07, 6.45) is 1.23. The molecule has 0 saturated carbocycles. The number of rotatable bonds is 6. The summed E-state index contributed by atoms with van der Waals surface area (Å²) in [6.45, 7) is 5.82. The first kappa shape index (κ1) is 24.7. The maximum Gasteiger partial charge on any atom is 0.271 e. The number of hydrogen-bond donors (Lipinski definition) is 0. The zero-order valence-corrected chi connectivity index (χ0v) is 21.7. The Balaban J connectivity index is 1.64. The van der Waals surface area contributed by atoms with E-state index in [9.17, 15) is 14.9 Å². The van der Waals surface area contributed by atoms with Gasteiger partial charge in [0.15, 0.2) is 10.8 Å². The van der Waals surface area contributed by atoms with Gasteiger partial charge in [-0.15, -0.1) is 0 Å². The van der Waals surface area contributed by atoms with Crippen LogP contribution in [0.2, 0.25) is 0 Å². The van der Waals surface area contributed by atoms with Gasteiger partial charge in [-0.1, -0.05) is 62.4 Å². The lowest BCUT2D eigenvalue weighted by molar-refractivity contribution is -0.384. The smallest absolute Gasteiger partial charge is 0.271 e. The molecule has 0 fully saturated rings. The van der Waals surface area contributed by atoms with E-state index < -0.39 is 9.92 Å². The lowest BCUT2D eigenvalue weighted by Gasteiger charge is -2.46. The van der Waals surface area contributed by atoms with Gasteiger partial charge in [0.1, 0.15) is 0 Å². The summed E-state index contributed by atoms with van der Waals surface area (Å²) >= 11 is 1.34. The molecular weight excluding hydrogens is 486 g/mol. The average Bonchev–Trinajstić information content (AvgIpc) is 3.29. The Morgan fingerprint density at radius 2 is 1.65 bits per heavy atom. The maximum absolute atomic E-state index is 12.5. The second-order valence-electron chi connectivity index (χ2n) is 9.37. The third kappa shape index (κ3) is 4.62. The van der Waals surface area contributed by atoms with Gasteiger partial charge in [0.05, 0.1) is 22.0 Å². The van der Waals surface area contributed by atoms with Crippen molar-refractivity contribution in [2.75, 3.05) is 10.0 Å². The summed E-state index contributed by atoms with van der Waals surface area (Å²) in [7, 11) is 0. The number of nitrogens with zero attached hydrogens (tertiary/aromatic N) is 5. The first-order valence-corrected chi connectivity index (χ1v) is 13.0. The first-order valence-electron chi connectivity index (χ1n) is 12.1. The van der Waals surface area contributed by atoms with Crippen LogP contribution in [0.4, 0.5) is 17.1 Å². The molecule has 2 heterocycles. The van der Waals surface area contributed by atoms with E-state index in [2.05, 4.69) is 43.2 Å². The number of hydrazone groups is 2. The fourth-order valence-corrected chi connectivity index (χ4v) is 5.79. The number of carbonyl (C=O) groups excluding carboxylic acids is 1. The van der Waals surface area contributed by atoms with Crippen LogP contribution >= 0.6 is 11.8 Å². The molecule has 0 N–H and O–H groups in total. The van der Waals surface area contributed by atoms with Crippen molar-refractivity contribution in [2.45, 2.75) is 44.5 Å². The minimum Gasteiger partial charge on any atom is -0.292 e. The molecule has 0 saturated heterocycles. The lowest BCUT2D eigenvalue weighted by Crippen LogP contribution is -2.56.